The Balaban J connectivity index is 2.11. The Morgan fingerprint density at radius 2 is 1.71 bits per heavy atom. The van der Waals surface area contributed by atoms with Crippen LogP contribution in [0.3, 0.4) is 0 Å². The van der Waals surface area contributed by atoms with Crippen LogP contribution in [0.2, 0.25) is 0 Å². The number of nitrogens with one attached hydrogen (secondary N) is 2. The van der Waals surface area contributed by atoms with Crippen LogP contribution in [0.15, 0.2) is 0 Å². The Hall–Kier alpha value is -0.900. The second-order valence-corrected chi connectivity index (χ2v) is 4.43. The molecule has 2 aliphatic rings. The predicted molar refractivity (Wildman–Crippen MR) is 51.5 cm³/mol. The van der Waals surface area contributed by atoms with Crippen molar-refractivity contribution >= 4 is 11.8 Å². The zero-order valence-corrected chi connectivity index (χ0v) is 8.27. The van der Waals surface area contributed by atoms with E-state index < -0.39 is 0 Å². The maximum absolute atomic E-state index is 11.3. The van der Waals surface area contributed by atoms with Gasteiger partial charge in [0.15, 0.2) is 0 Å². The van der Waals surface area contributed by atoms with Gasteiger partial charge in [-0.2, -0.15) is 0 Å². The maximum Gasteiger partial charge on any atom is 0.227 e. The van der Waals surface area contributed by atoms with Crippen molar-refractivity contribution in [2.24, 2.45) is 5.41 Å². The minimum Gasteiger partial charge on any atom is -0.317 e. The summed E-state index contributed by atoms with van der Waals surface area (Å²) in [5.41, 5.74) is -0.0388. The highest BCUT2D eigenvalue weighted by molar-refractivity contribution is 5.98. The van der Waals surface area contributed by atoms with Gasteiger partial charge >= 0.3 is 0 Å². The van der Waals surface area contributed by atoms with Gasteiger partial charge in [0.1, 0.15) is 0 Å². The van der Waals surface area contributed by atoms with Gasteiger partial charge in [-0.25, -0.2) is 0 Å². The summed E-state index contributed by atoms with van der Waals surface area (Å²) in [5, 5.41) is 5.68. The van der Waals surface area contributed by atoms with Crippen molar-refractivity contribution < 1.29 is 9.59 Å². The molecule has 0 aromatic rings. The summed E-state index contributed by atoms with van der Waals surface area (Å²) >= 11 is 0. The first-order valence-electron chi connectivity index (χ1n) is 5.24. The van der Waals surface area contributed by atoms with E-state index in [0.717, 1.165) is 32.4 Å². The monoisotopic (exact) mass is 196 g/mol. The molecule has 4 heteroatoms. The van der Waals surface area contributed by atoms with Gasteiger partial charge in [-0.15, -0.1) is 0 Å². The molecule has 2 heterocycles. The van der Waals surface area contributed by atoms with Crippen molar-refractivity contribution in [2.75, 3.05) is 13.1 Å². The van der Waals surface area contributed by atoms with Gasteiger partial charge < -0.3 is 5.32 Å². The molecule has 0 radical (unpaired) electrons. The van der Waals surface area contributed by atoms with Gasteiger partial charge in [0.05, 0.1) is 0 Å². The molecule has 0 aliphatic carbocycles. The Kier molecular flexibility index (Phi) is 2.54. The third kappa shape index (κ3) is 1.95. The van der Waals surface area contributed by atoms with Crippen molar-refractivity contribution in [1.29, 1.82) is 0 Å². The van der Waals surface area contributed by atoms with Crippen molar-refractivity contribution in [2.45, 2.75) is 32.1 Å². The van der Waals surface area contributed by atoms with Crippen molar-refractivity contribution in [3.05, 3.63) is 0 Å². The molecule has 1 spiro atoms. The van der Waals surface area contributed by atoms with Gasteiger partial charge in [-0.3, -0.25) is 14.9 Å². The third-order valence-electron chi connectivity index (χ3n) is 3.24. The minimum absolute atomic E-state index is 0.0388. The lowest BCUT2D eigenvalue weighted by atomic mass is 9.73. The van der Waals surface area contributed by atoms with Crippen LogP contribution < -0.4 is 10.6 Å². The zero-order chi connectivity index (χ0) is 10.0. The number of rotatable bonds is 0. The lowest BCUT2D eigenvalue weighted by Gasteiger charge is -2.34. The summed E-state index contributed by atoms with van der Waals surface area (Å²) < 4.78 is 0. The van der Waals surface area contributed by atoms with Gasteiger partial charge in [0.2, 0.25) is 11.8 Å². The van der Waals surface area contributed by atoms with E-state index >= 15 is 0 Å². The SMILES string of the molecule is O=C1CC2(CCCNCC2)CC(=O)N1. The second kappa shape index (κ2) is 3.69. The molecule has 78 valence electrons. The first-order chi connectivity index (χ1) is 6.70. The highest BCUT2D eigenvalue weighted by Crippen LogP contribution is 2.38. The summed E-state index contributed by atoms with van der Waals surface area (Å²) in [6.45, 7) is 1.94. The number of carbonyl (C=O) groups excluding carboxylic acids is 2. The normalized spacial score (nSPS) is 27.1. The van der Waals surface area contributed by atoms with Crippen LogP contribution in [0.25, 0.3) is 0 Å². The second-order valence-electron chi connectivity index (χ2n) is 4.43. The molecule has 14 heavy (non-hydrogen) atoms. The molecule has 0 atom stereocenters. The van der Waals surface area contributed by atoms with Crippen LogP contribution in [0.4, 0.5) is 0 Å². The van der Waals surface area contributed by atoms with E-state index in [1.165, 1.54) is 0 Å². The van der Waals surface area contributed by atoms with Crippen molar-refractivity contribution in [3.8, 4) is 0 Å². The molecular weight excluding hydrogens is 180 g/mol. The maximum atomic E-state index is 11.3. The fraction of sp³-hybridized carbons (Fsp3) is 0.800. The summed E-state index contributed by atoms with van der Waals surface area (Å²) in [6.07, 6.45) is 4.08. The Morgan fingerprint density at radius 3 is 2.43 bits per heavy atom. The van der Waals surface area contributed by atoms with E-state index in [0.29, 0.717) is 12.8 Å². The van der Waals surface area contributed by atoms with Gasteiger partial charge in [-0.1, -0.05) is 0 Å². The van der Waals surface area contributed by atoms with E-state index in [1.807, 2.05) is 0 Å². The summed E-state index contributed by atoms with van der Waals surface area (Å²) in [6, 6.07) is 0. The lowest BCUT2D eigenvalue weighted by molar-refractivity contribution is -0.138. The van der Waals surface area contributed by atoms with Gasteiger partial charge in [0, 0.05) is 12.8 Å². The Labute approximate surface area is 83.4 Å². The van der Waals surface area contributed by atoms with Crippen LogP contribution in [0.5, 0.6) is 0 Å². The molecule has 0 saturated carbocycles. The van der Waals surface area contributed by atoms with Crippen LogP contribution in [-0.4, -0.2) is 24.9 Å². The van der Waals surface area contributed by atoms with E-state index in [4.69, 9.17) is 0 Å². The summed E-state index contributed by atoms with van der Waals surface area (Å²) in [7, 11) is 0. The average Bonchev–Trinajstić information content (AvgIpc) is 2.28. The zero-order valence-electron chi connectivity index (χ0n) is 8.27. The molecule has 2 fully saturated rings. The number of piperidine rings is 1. The van der Waals surface area contributed by atoms with Crippen molar-refractivity contribution in [1.82, 2.24) is 10.6 Å². The van der Waals surface area contributed by atoms with Crippen molar-refractivity contribution in [3.63, 3.8) is 0 Å². The minimum atomic E-state index is -0.0943. The molecule has 4 nitrogen and oxygen atoms in total. The number of hydrogen-bond donors (Lipinski definition) is 2. The number of imide groups is 1. The first kappa shape index (κ1) is 9.65. The Morgan fingerprint density at radius 1 is 1.00 bits per heavy atom. The summed E-state index contributed by atoms with van der Waals surface area (Å²) in [5.74, 6) is -0.189. The van der Waals surface area contributed by atoms with E-state index in [-0.39, 0.29) is 17.2 Å². The summed E-state index contributed by atoms with van der Waals surface area (Å²) in [4.78, 5) is 22.6. The molecule has 2 rings (SSSR count). The molecule has 0 bridgehead atoms. The van der Waals surface area contributed by atoms with Gasteiger partial charge in [0.25, 0.3) is 0 Å². The van der Waals surface area contributed by atoms with Gasteiger partial charge in [-0.05, 0) is 37.8 Å². The highest BCUT2D eigenvalue weighted by atomic mass is 16.2. The number of hydrogen-bond acceptors (Lipinski definition) is 3. The molecule has 2 aliphatic heterocycles. The Bertz CT molecular complexity index is 237. The molecule has 0 unspecified atom stereocenters. The fourth-order valence-corrected chi connectivity index (χ4v) is 2.53. The molecule has 2 amide bonds. The smallest absolute Gasteiger partial charge is 0.227 e. The highest BCUT2D eigenvalue weighted by Gasteiger charge is 2.39. The third-order valence-corrected chi connectivity index (χ3v) is 3.24. The van der Waals surface area contributed by atoms with E-state index in [9.17, 15) is 9.59 Å². The number of carbonyl (C=O) groups is 2. The first-order valence-corrected chi connectivity index (χ1v) is 5.24. The number of amides is 2. The average molecular weight is 196 g/mol. The fourth-order valence-electron chi connectivity index (χ4n) is 2.53. The van der Waals surface area contributed by atoms with Crippen LogP contribution in [0, 0.1) is 5.41 Å². The lowest BCUT2D eigenvalue weighted by Crippen LogP contribution is -2.45. The molecular formula is C10H16N2O2. The van der Waals surface area contributed by atoms with E-state index in [1.54, 1.807) is 0 Å². The standard InChI is InChI=1S/C10H16N2O2/c13-8-6-10(7-9(14)12-8)2-1-4-11-5-3-10/h11H,1-7H2,(H,12,13,14). The topological polar surface area (TPSA) is 58.2 Å². The van der Waals surface area contributed by atoms with Crippen LogP contribution in [0.1, 0.15) is 32.1 Å². The van der Waals surface area contributed by atoms with Crippen LogP contribution in [-0.2, 0) is 9.59 Å². The molecule has 0 aromatic heterocycles. The molecule has 2 N–H and O–H groups in total. The van der Waals surface area contributed by atoms with Crippen LogP contribution >= 0.6 is 0 Å². The quantitative estimate of drug-likeness (QED) is 0.543. The molecule has 0 aromatic carbocycles. The van der Waals surface area contributed by atoms with E-state index in [2.05, 4.69) is 10.6 Å². The predicted octanol–water partition coefficient (Wildman–Crippen LogP) is 0.183. The molecule has 2 saturated heterocycles. The largest absolute Gasteiger partial charge is 0.317 e.